The summed E-state index contributed by atoms with van der Waals surface area (Å²) in [5.41, 5.74) is 5.63. The lowest BCUT2D eigenvalue weighted by Crippen LogP contribution is -2.43. The molecule has 0 aliphatic rings. The lowest BCUT2D eigenvalue weighted by atomic mass is 10.0. The third kappa shape index (κ3) is 7.77. The zero-order chi connectivity index (χ0) is 15.1. The standard InChI is InChI=1S/C14H20Cl2N2O2.ClH/c1-9(2)5-11(7-17)18-14(19)8-20-13-4-3-10(15)6-12(13)16;/h3-4,6,9,11H,5,7-8,17H2,1-2H3,(H,18,19);1H. The molecule has 0 aliphatic carbocycles. The number of carbonyl (C=O) groups excluding carboxylic acids is 1. The first-order valence-corrected chi connectivity index (χ1v) is 7.25. The maximum absolute atomic E-state index is 11.8. The maximum Gasteiger partial charge on any atom is 0.258 e. The largest absolute Gasteiger partial charge is 0.482 e. The van der Waals surface area contributed by atoms with Crippen molar-refractivity contribution in [2.24, 2.45) is 11.7 Å². The summed E-state index contributed by atoms with van der Waals surface area (Å²) in [6, 6.07) is 4.82. The van der Waals surface area contributed by atoms with Gasteiger partial charge in [0.1, 0.15) is 5.75 Å². The van der Waals surface area contributed by atoms with E-state index in [-0.39, 0.29) is 31.0 Å². The van der Waals surface area contributed by atoms with Crippen LogP contribution in [0.25, 0.3) is 0 Å². The van der Waals surface area contributed by atoms with Gasteiger partial charge in [0.2, 0.25) is 0 Å². The van der Waals surface area contributed by atoms with Gasteiger partial charge < -0.3 is 15.8 Å². The van der Waals surface area contributed by atoms with Crippen molar-refractivity contribution < 1.29 is 9.53 Å². The highest BCUT2D eigenvalue weighted by Crippen LogP contribution is 2.27. The Bertz CT molecular complexity index is 456. The Kier molecular flexibility index (Phi) is 9.79. The fourth-order valence-electron chi connectivity index (χ4n) is 1.79. The predicted octanol–water partition coefficient (Wildman–Crippen LogP) is 3.28. The number of carbonyl (C=O) groups is 1. The SMILES string of the molecule is CC(C)CC(CN)NC(=O)COc1ccc(Cl)cc1Cl.Cl. The number of rotatable bonds is 7. The Hall–Kier alpha value is -0.680. The normalized spacial score (nSPS) is 11.7. The summed E-state index contributed by atoms with van der Waals surface area (Å²) in [4.78, 5) is 11.8. The summed E-state index contributed by atoms with van der Waals surface area (Å²) in [5, 5.41) is 3.74. The van der Waals surface area contributed by atoms with Gasteiger partial charge in [-0.1, -0.05) is 37.0 Å². The fourth-order valence-corrected chi connectivity index (χ4v) is 2.25. The minimum atomic E-state index is -0.216. The minimum Gasteiger partial charge on any atom is -0.482 e. The molecule has 1 unspecified atom stereocenters. The van der Waals surface area contributed by atoms with E-state index in [9.17, 15) is 4.79 Å². The molecule has 1 rings (SSSR count). The average molecular weight is 356 g/mol. The monoisotopic (exact) mass is 354 g/mol. The average Bonchev–Trinajstić information content (AvgIpc) is 2.36. The van der Waals surface area contributed by atoms with E-state index in [1.807, 2.05) is 0 Å². The molecule has 0 fully saturated rings. The molecule has 21 heavy (non-hydrogen) atoms. The second-order valence-electron chi connectivity index (χ2n) is 4.99. The number of hydrogen-bond acceptors (Lipinski definition) is 3. The minimum absolute atomic E-state index is 0. The summed E-state index contributed by atoms with van der Waals surface area (Å²) in [7, 11) is 0. The Morgan fingerprint density at radius 2 is 2.05 bits per heavy atom. The zero-order valence-corrected chi connectivity index (χ0v) is 14.4. The van der Waals surface area contributed by atoms with E-state index in [0.29, 0.717) is 28.3 Å². The molecule has 0 saturated carbocycles. The van der Waals surface area contributed by atoms with Crippen LogP contribution in [0.5, 0.6) is 5.75 Å². The highest BCUT2D eigenvalue weighted by atomic mass is 35.5. The summed E-state index contributed by atoms with van der Waals surface area (Å²) in [5.74, 6) is 0.682. The van der Waals surface area contributed by atoms with Gasteiger partial charge in [0.05, 0.1) is 5.02 Å². The number of amides is 1. The molecule has 7 heteroatoms. The predicted molar refractivity (Wildman–Crippen MR) is 89.6 cm³/mol. The third-order valence-corrected chi connectivity index (χ3v) is 3.19. The van der Waals surface area contributed by atoms with Crippen LogP contribution in [0.1, 0.15) is 20.3 Å². The second kappa shape index (κ2) is 10.1. The highest BCUT2D eigenvalue weighted by molar-refractivity contribution is 6.35. The summed E-state index contributed by atoms with van der Waals surface area (Å²) >= 11 is 11.7. The summed E-state index contributed by atoms with van der Waals surface area (Å²) < 4.78 is 5.36. The molecule has 0 spiro atoms. The maximum atomic E-state index is 11.8. The first kappa shape index (κ1) is 20.3. The van der Waals surface area contributed by atoms with Gasteiger partial charge in [-0.25, -0.2) is 0 Å². The van der Waals surface area contributed by atoms with Crippen LogP contribution in [0.3, 0.4) is 0 Å². The quantitative estimate of drug-likeness (QED) is 0.789. The zero-order valence-electron chi connectivity index (χ0n) is 12.1. The molecule has 1 aromatic carbocycles. The Balaban J connectivity index is 0.00000400. The first-order chi connectivity index (χ1) is 9.42. The summed E-state index contributed by atoms with van der Waals surface area (Å²) in [6.45, 7) is 4.47. The molecule has 1 amide bonds. The van der Waals surface area contributed by atoms with Crippen molar-refractivity contribution in [3.63, 3.8) is 0 Å². The Labute approximate surface area is 141 Å². The van der Waals surface area contributed by atoms with E-state index in [0.717, 1.165) is 6.42 Å². The van der Waals surface area contributed by atoms with Crippen LogP contribution in [-0.4, -0.2) is 25.1 Å². The first-order valence-electron chi connectivity index (χ1n) is 6.49. The van der Waals surface area contributed by atoms with Crippen LogP contribution in [0.15, 0.2) is 18.2 Å². The van der Waals surface area contributed by atoms with Crippen molar-refractivity contribution in [3.05, 3.63) is 28.2 Å². The van der Waals surface area contributed by atoms with Gasteiger partial charge in [-0.15, -0.1) is 12.4 Å². The molecule has 0 bridgehead atoms. The molecule has 120 valence electrons. The lowest BCUT2D eigenvalue weighted by molar-refractivity contribution is -0.123. The molecule has 0 aliphatic heterocycles. The van der Waals surface area contributed by atoms with Gasteiger partial charge in [0.15, 0.2) is 6.61 Å². The van der Waals surface area contributed by atoms with Gasteiger partial charge in [-0.3, -0.25) is 4.79 Å². The molecular formula is C14H21Cl3N2O2. The van der Waals surface area contributed by atoms with E-state index in [2.05, 4.69) is 19.2 Å². The Morgan fingerprint density at radius 3 is 2.57 bits per heavy atom. The smallest absolute Gasteiger partial charge is 0.258 e. The second-order valence-corrected chi connectivity index (χ2v) is 5.84. The van der Waals surface area contributed by atoms with Crippen LogP contribution in [0.4, 0.5) is 0 Å². The molecule has 0 heterocycles. The number of halogens is 3. The number of ether oxygens (including phenoxy) is 1. The van der Waals surface area contributed by atoms with Crippen molar-refractivity contribution in [1.82, 2.24) is 5.32 Å². The number of hydrogen-bond donors (Lipinski definition) is 2. The van der Waals surface area contributed by atoms with Crippen LogP contribution in [0.2, 0.25) is 10.0 Å². The molecule has 0 radical (unpaired) electrons. The fraction of sp³-hybridized carbons (Fsp3) is 0.500. The van der Waals surface area contributed by atoms with E-state index < -0.39 is 0 Å². The van der Waals surface area contributed by atoms with Crippen molar-refractivity contribution in [3.8, 4) is 5.75 Å². The molecular weight excluding hydrogens is 335 g/mol. The van der Waals surface area contributed by atoms with E-state index >= 15 is 0 Å². The molecule has 1 atom stereocenters. The van der Waals surface area contributed by atoms with Crippen LogP contribution >= 0.6 is 35.6 Å². The van der Waals surface area contributed by atoms with E-state index in [1.165, 1.54) is 0 Å². The van der Waals surface area contributed by atoms with Gasteiger partial charge in [-0.2, -0.15) is 0 Å². The number of benzene rings is 1. The van der Waals surface area contributed by atoms with Crippen LogP contribution < -0.4 is 15.8 Å². The molecule has 4 nitrogen and oxygen atoms in total. The third-order valence-electron chi connectivity index (χ3n) is 2.66. The Morgan fingerprint density at radius 1 is 1.38 bits per heavy atom. The van der Waals surface area contributed by atoms with Crippen LogP contribution in [0, 0.1) is 5.92 Å². The van der Waals surface area contributed by atoms with Gasteiger partial charge in [0.25, 0.3) is 5.91 Å². The topological polar surface area (TPSA) is 64.3 Å². The molecule has 3 N–H and O–H groups in total. The van der Waals surface area contributed by atoms with Crippen molar-refractivity contribution in [2.75, 3.05) is 13.2 Å². The van der Waals surface area contributed by atoms with Crippen molar-refractivity contribution >= 4 is 41.5 Å². The molecule has 0 aromatic heterocycles. The summed E-state index contributed by atoms with van der Waals surface area (Å²) in [6.07, 6.45) is 0.837. The van der Waals surface area contributed by atoms with Gasteiger partial charge in [-0.05, 0) is 30.5 Å². The van der Waals surface area contributed by atoms with Crippen molar-refractivity contribution in [2.45, 2.75) is 26.3 Å². The van der Waals surface area contributed by atoms with Crippen LogP contribution in [-0.2, 0) is 4.79 Å². The molecule has 0 saturated heterocycles. The molecule has 1 aromatic rings. The number of nitrogens with two attached hydrogens (primary N) is 1. The van der Waals surface area contributed by atoms with E-state index in [4.69, 9.17) is 33.7 Å². The number of nitrogens with one attached hydrogen (secondary N) is 1. The highest BCUT2D eigenvalue weighted by Gasteiger charge is 2.13. The van der Waals surface area contributed by atoms with Crippen molar-refractivity contribution in [1.29, 1.82) is 0 Å². The lowest BCUT2D eigenvalue weighted by Gasteiger charge is -2.19. The van der Waals surface area contributed by atoms with Gasteiger partial charge in [0, 0.05) is 17.6 Å². The van der Waals surface area contributed by atoms with E-state index in [1.54, 1.807) is 18.2 Å². The van der Waals surface area contributed by atoms with Gasteiger partial charge >= 0.3 is 0 Å².